The highest BCUT2D eigenvalue weighted by Crippen LogP contribution is 1.97. The molecular weight excluding hydrogens is 96.1 g/mol. The Morgan fingerprint density at radius 2 is 2.83 bits per heavy atom. The largest absolute Gasteiger partial charge is 0.386 e. The van der Waals surface area contributed by atoms with Crippen molar-refractivity contribution in [2.24, 2.45) is 4.40 Å². The maximum Gasteiger partial charge on any atom is 0.386 e. The van der Waals surface area contributed by atoms with Crippen molar-refractivity contribution in [2.45, 2.75) is 6.92 Å². The fraction of sp³-hybridized carbons (Fsp3) is 0.333. The van der Waals surface area contributed by atoms with Crippen LogP contribution in [-0.4, -0.2) is 11.9 Å². The molecule has 0 aromatic heterocycles. The molecule has 0 fully saturated rings. The molecule has 0 bridgehead atoms. The Kier molecular flexibility index (Phi) is 0.919. The smallest absolute Gasteiger partial charge is 0.144 e. The first kappa shape index (κ1) is 3.87. The molecule has 6 heavy (non-hydrogen) atoms. The zero-order valence-corrected chi connectivity index (χ0v) is 4.20. The highest BCUT2D eigenvalue weighted by Gasteiger charge is 2.05. The Morgan fingerprint density at radius 1 is 2.00 bits per heavy atom. The Labute approximate surface area is 40.6 Å². The molecule has 2 nitrogen and oxygen atoms in total. The van der Waals surface area contributed by atoms with Gasteiger partial charge in [0.2, 0.25) is 0 Å². The summed E-state index contributed by atoms with van der Waals surface area (Å²) in [4.78, 5) is 0. The quantitative estimate of drug-likeness (QED) is 0.405. The van der Waals surface area contributed by atoms with Gasteiger partial charge in [-0.1, -0.05) is 0 Å². The third kappa shape index (κ3) is 0.597. The SMILES string of the molecule is CC1=NS[N+]=C1. The Balaban J connectivity index is 2.68. The van der Waals surface area contributed by atoms with Gasteiger partial charge in [-0.25, -0.2) is 0 Å². The van der Waals surface area contributed by atoms with Gasteiger partial charge in [0.1, 0.15) is 10.1 Å². The van der Waals surface area contributed by atoms with Crippen molar-refractivity contribution in [3.63, 3.8) is 0 Å². The lowest BCUT2D eigenvalue weighted by Crippen LogP contribution is -1.85. The molecule has 0 amide bonds. The van der Waals surface area contributed by atoms with Gasteiger partial charge >= 0.3 is 12.1 Å². The lowest BCUT2D eigenvalue weighted by Gasteiger charge is -1.58. The average molecular weight is 100 g/mol. The predicted molar refractivity (Wildman–Crippen MR) is 28.9 cm³/mol. The first-order chi connectivity index (χ1) is 2.89. The number of hydrogen-bond donors (Lipinski definition) is 0. The summed E-state index contributed by atoms with van der Waals surface area (Å²) in [5.41, 5.74) is 1.00. The molecule has 0 atom stereocenters. The zero-order valence-electron chi connectivity index (χ0n) is 3.38. The number of nitrogens with zero attached hydrogens (tertiary/aromatic N) is 2. The van der Waals surface area contributed by atoms with Crippen molar-refractivity contribution in [3.8, 4) is 0 Å². The first-order valence-electron chi connectivity index (χ1n) is 1.64. The van der Waals surface area contributed by atoms with Crippen LogP contribution in [0.15, 0.2) is 4.40 Å². The van der Waals surface area contributed by atoms with Crippen LogP contribution in [0.4, 0.5) is 0 Å². The van der Waals surface area contributed by atoms with Crippen LogP contribution in [0.2, 0.25) is 0 Å². The molecule has 31 valence electrons. The number of rotatable bonds is 0. The standard InChI is InChI=1S/C3H4N2S/c1-3-2-4-6-5-3/h2H,1H3/q+1. The van der Waals surface area contributed by atoms with Crippen molar-refractivity contribution in [2.75, 3.05) is 0 Å². The van der Waals surface area contributed by atoms with Gasteiger partial charge in [0.25, 0.3) is 6.21 Å². The van der Waals surface area contributed by atoms with Crippen LogP contribution < -0.4 is 4.40 Å². The van der Waals surface area contributed by atoms with Crippen LogP contribution in [0.25, 0.3) is 0 Å². The van der Waals surface area contributed by atoms with Crippen LogP contribution >= 0.6 is 12.1 Å². The molecule has 0 spiro atoms. The monoisotopic (exact) mass is 100 g/mol. The van der Waals surface area contributed by atoms with Crippen molar-refractivity contribution >= 4 is 24.1 Å². The Hall–Kier alpha value is -0.310. The van der Waals surface area contributed by atoms with Gasteiger partial charge in [0, 0.05) is 0 Å². The van der Waals surface area contributed by atoms with Crippen molar-refractivity contribution in [1.29, 1.82) is 0 Å². The van der Waals surface area contributed by atoms with Crippen molar-refractivity contribution in [3.05, 3.63) is 0 Å². The highest BCUT2D eigenvalue weighted by atomic mass is 32.2. The molecule has 0 aliphatic carbocycles. The van der Waals surface area contributed by atoms with Gasteiger partial charge in [-0.05, 0) is 6.92 Å². The van der Waals surface area contributed by atoms with E-state index >= 15 is 0 Å². The molecule has 1 radical (unpaired) electrons. The lowest BCUT2D eigenvalue weighted by molar-refractivity contribution is 1.75. The predicted octanol–water partition coefficient (Wildman–Crippen LogP) is 0.431. The topological polar surface area (TPSA) is 26.5 Å². The minimum Gasteiger partial charge on any atom is -0.144 e. The molecule has 1 aliphatic heterocycles. The summed E-state index contributed by atoms with van der Waals surface area (Å²) in [5, 5.41) is 0. The van der Waals surface area contributed by atoms with Crippen LogP contribution in [0.1, 0.15) is 6.92 Å². The van der Waals surface area contributed by atoms with Crippen LogP contribution in [0.3, 0.4) is 0 Å². The summed E-state index contributed by atoms with van der Waals surface area (Å²) < 4.78 is 7.60. The molecule has 0 saturated heterocycles. The molecule has 1 heterocycles. The zero-order chi connectivity index (χ0) is 4.41. The molecule has 0 N–H and O–H groups in total. The lowest BCUT2D eigenvalue weighted by atomic mass is 10.5. The second kappa shape index (κ2) is 1.43. The van der Waals surface area contributed by atoms with E-state index in [0.717, 1.165) is 5.71 Å². The van der Waals surface area contributed by atoms with E-state index in [2.05, 4.69) is 8.80 Å². The van der Waals surface area contributed by atoms with E-state index in [1.807, 2.05) is 6.92 Å². The second-order valence-electron chi connectivity index (χ2n) is 1.05. The summed E-state index contributed by atoms with van der Waals surface area (Å²) in [7, 11) is 0. The molecule has 0 aromatic rings. The highest BCUT2D eigenvalue weighted by molar-refractivity contribution is 7.96. The molecule has 0 saturated carbocycles. The van der Waals surface area contributed by atoms with Crippen LogP contribution in [0, 0.1) is 0 Å². The van der Waals surface area contributed by atoms with Gasteiger partial charge in [-0.15, -0.1) is 4.40 Å². The van der Waals surface area contributed by atoms with E-state index < -0.39 is 0 Å². The van der Waals surface area contributed by atoms with E-state index in [0.29, 0.717) is 0 Å². The van der Waals surface area contributed by atoms with E-state index in [1.54, 1.807) is 6.21 Å². The molecule has 0 unspecified atom stereocenters. The summed E-state index contributed by atoms with van der Waals surface area (Å²) in [6.45, 7) is 1.92. The average Bonchev–Trinajstić information content (AvgIpc) is 1.86. The minimum atomic E-state index is 1.00. The Bertz CT molecular complexity index is 103. The van der Waals surface area contributed by atoms with Crippen molar-refractivity contribution in [1.82, 2.24) is 4.40 Å². The molecule has 1 rings (SSSR count). The third-order valence-corrected chi connectivity index (χ3v) is 1.04. The maximum atomic E-state index is 3.85. The normalized spacial score (nSPS) is 18.5. The van der Waals surface area contributed by atoms with E-state index in [-0.39, 0.29) is 0 Å². The summed E-state index contributed by atoms with van der Waals surface area (Å²) in [5.74, 6) is 0. The number of hydrogen-bond acceptors (Lipinski definition) is 3. The summed E-state index contributed by atoms with van der Waals surface area (Å²) in [6, 6.07) is 0. The molecular formula is C3H4N2S+. The van der Waals surface area contributed by atoms with E-state index in [1.165, 1.54) is 12.1 Å². The molecule has 0 aromatic carbocycles. The molecule has 3 heteroatoms. The van der Waals surface area contributed by atoms with E-state index in [9.17, 15) is 0 Å². The van der Waals surface area contributed by atoms with Gasteiger partial charge in [0.05, 0.1) is 0 Å². The Morgan fingerprint density at radius 3 is 3.00 bits per heavy atom. The van der Waals surface area contributed by atoms with Crippen molar-refractivity contribution < 1.29 is 0 Å². The third-order valence-electron chi connectivity index (χ3n) is 0.471. The summed E-state index contributed by atoms with van der Waals surface area (Å²) in [6.07, 6.45) is 1.74. The second-order valence-corrected chi connectivity index (χ2v) is 1.61. The maximum absolute atomic E-state index is 3.85. The fourth-order valence-corrected chi connectivity index (χ4v) is 0.634. The van der Waals surface area contributed by atoms with Gasteiger partial charge in [-0.2, -0.15) is 0 Å². The molecule has 1 aliphatic rings. The van der Waals surface area contributed by atoms with Gasteiger partial charge < -0.3 is 0 Å². The van der Waals surface area contributed by atoms with Gasteiger partial charge in [0.15, 0.2) is 0 Å². The van der Waals surface area contributed by atoms with E-state index in [4.69, 9.17) is 0 Å². The van der Waals surface area contributed by atoms with Crippen LogP contribution in [0.5, 0.6) is 0 Å². The van der Waals surface area contributed by atoms with Gasteiger partial charge in [-0.3, -0.25) is 0 Å². The minimum absolute atomic E-state index is 1.00. The summed E-state index contributed by atoms with van der Waals surface area (Å²) >= 11 is 1.24. The van der Waals surface area contributed by atoms with Crippen LogP contribution in [-0.2, 0) is 0 Å². The fourth-order valence-electron chi connectivity index (χ4n) is 0.211. The first-order valence-corrected chi connectivity index (χ1v) is 2.37.